The molecule has 18 heavy (non-hydrogen) atoms. The van der Waals surface area contributed by atoms with Gasteiger partial charge in [0.05, 0.1) is 0 Å². The van der Waals surface area contributed by atoms with Gasteiger partial charge in [-0.2, -0.15) is 0 Å². The minimum absolute atomic E-state index is 0.946. The summed E-state index contributed by atoms with van der Waals surface area (Å²) in [6.45, 7) is 0. The molecule has 0 aromatic rings. The molecule has 0 radical (unpaired) electrons. The van der Waals surface area contributed by atoms with E-state index in [1.807, 2.05) is 0 Å². The van der Waals surface area contributed by atoms with E-state index in [-0.39, 0.29) is 0 Å². The molecule has 2 atom stereocenters. The van der Waals surface area contributed by atoms with E-state index in [2.05, 4.69) is 0 Å². The second-order valence-corrected chi connectivity index (χ2v) is 5.37. The molecule has 0 aromatic heterocycles. The van der Waals surface area contributed by atoms with Gasteiger partial charge in [-0.05, 0) is 6.42 Å². The summed E-state index contributed by atoms with van der Waals surface area (Å²) in [6.07, 6.45) is -2.05. The van der Waals surface area contributed by atoms with Crippen molar-refractivity contribution in [3.63, 3.8) is 0 Å². The number of rotatable bonds is 7. The lowest BCUT2D eigenvalue weighted by Gasteiger charge is -2.32. The molecular weight excluding hydrogens is 273 g/mol. The van der Waals surface area contributed by atoms with Gasteiger partial charge in [0.15, 0.2) is 5.16 Å². The van der Waals surface area contributed by atoms with E-state index in [4.69, 9.17) is 30.8 Å². The molecule has 0 spiro atoms. The van der Waals surface area contributed by atoms with Gasteiger partial charge in [-0.1, -0.05) is 0 Å². The van der Waals surface area contributed by atoms with Crippen molar-refractivity contribution in [2.75, 3.05) is 0 Å². The summed E-state index contributed by atoms with van der Waals surface area (Å²) < 4.78 is 11.2. The quantitative estimate of drug-likeness (QED) is 0.292. The Morgan fingerprint density at radius 1 is 1.17 bits per heavy atom. The first-order valence-electron chi connectivity index (χ1n) is 4.46. The molecule has 0 heterocycles. The summed E-state index contributed by atoms with van der Waals surface area (Å²) in [5, 5.41) is 22.7. The summed E-state index contributed by atoms with van der Waals surface area (Å²) in [7, 11) is -5.50. The second-order valence-electron chi connectivity index (χ2n) is 3.48. The highest BCUT2D eigenvalue weighted by molar-refractivity contribution is 7.55. The van der Waals surface area contributed by atoms with Crippen molar-refractivity contribution in [1.82, 2.24) is 0 Å². The predicted molar refractivity (Wildman–Crippen MR) is 54.9 cm³/mol. The highest BCUT2D eigenvalue weighted by atomic mass is 31.2. The Morgan fingerprint density at radius 2 is 1.61 bits per heavy atom. The van der Waals surface area contributed by atoms with Crippen molar-refractivity contribution in [3.05, 3.63) is 0 Å². The molecule has 0 aliphatic rings. The van der Waals surface area contributed by atoms with Gasteiger partial charge in [0.1, 0.15) is 6.04 Å². The fourth-order valence-electron chi connectivity index (χ4n) is 1.35. The third kappa shape index (κ3) is 3.05. The number of carboxylic acids is 3. The molecule has 10 nitrogen and oxygen atoms in total. The van der Waals surface area contributed by atoms with Gasteiger partial charge in [-0.25, -0.2) is 0 Å². The highest BCUT2D eigenvalue weighted by Crippen LogP contribution is 2.54. The average Bonchev–Trinajstić information content (AvgIpc) is 2.14. The number of carbonyl (C=O) groups is 3. The van der Waals surface area contributed by atoms with Crippen molar-refractivity contribution >= 4 is 25.5 Å². The Labute approximate surface area is 100 Å². The van der Waals surface area contributed by atoms with Crippen molar-refractivity contribution < 1.29 is 44.1 Å². The highest BCUT2D eigenvalue weighted by Gasteiger charge is 2.60. The zero-order valence-corrected chi connectivity index (χ0v) is 9.78. The fraction of sp³-hybridized carbons (Fsp3) is 0.571. The molecule has 0 aromatic carbocycles. The Bertz CT molecular complexity index is 415. The van der Waals surface area contributed by atoms with Crippen LogP contribution in [0.25, 0.3) is 0 Å². The molecule has 0 saturated carbocycles. The van der Waals surface area contributed by atoms with Crippen LogP contribution >= 0.6 is 7.60 Å². The smallest absolute Gasteiger partial charge is 0.345 e. The van der Waals surface area contributed by atoms with E-state index in [1.54, 1.807) is 0 Å². The van der Waals surface area contributed by atoms with Gasteiger partial charge in [-0.15, -0.1) is 0 Å². The first-order chi connectivity index (χ1) is 7.96. The lowest BCUT2D eigenvalue weighted by atomic mass is 9.94. The Hall–Kier alpha value is -1.48. The largest absolute Gasteiger partial charge is 0.481 e. The van der Waals surface area contributed by atoms with Crippen LogP contribution in [0.5, 0.6) is 0 Å². The number of carboxylic acid groups (broad SMARTS) is 3. The second kappa shape index (κ2) is 5.44. The summed E-state index contributed by atoms with van der Waals surface area (Å²) >= 11 is 0. The van der Waals surface area contributed by atoms with E-state index in [0.717, 1.165) is 0 Å². The Balaban J connectivity index is 5.74. The molecule has 0 amide bonds. The van der Waals surface area contributed by atoms with E-state index in [0.29, 0.717) is 0 Å². The number of aliphatic carboxylic acids is 3. The Morgan fingerprint density at radius 3 is 1.83 bits per heavy atom. The predicted octanol–water partition coefficient (Wildman–Crippen LogP) is -1.74. The van der Waals surface area contributed by atoms with Crippen molar-refractivity contribution in [3.8, 4) is 0 Å². The maximum Gasteiger partial charge on any atom is 0.345 e. The summed E-state index contributed by atoms with van der Waals surface area (Å²) in [4.78, 5) is 50.1. The van der Waals surface area contributed by atoms with Crippen LogP contribution in [-0.2, 0) is 18.9 Å². The van der Waals surface area contributed by atoms with Crippen LogP contribution in [0.2, 0.25) is 0 Å². The molecule has 11 heteroatoms. The first-order valence-corrected chi connectivity index (χ1v) is 6.07. The van der Waals surface area contributed by atoms with Gasteiger partial charge in [0.25, 0.3) is 0 Å². The standard InChI is InChI=1S/C7H12NO9P/c8-4(5(11)12)7(6(13)14,18(15,16)17)2-1-3(9)10/h4H,1-2,8H2,(H,9,10)(H,11,12)(H,13,14)(H2,15,16,17). The lowest BCUT2D eigenvalue weighted by Crippen LogP contribution is -2.57. The summed E-state index contributed by atoms with van der Waals surface area (Å²) in [5.74, 6) is -5.65. The van der Waals surface area contributed by atoms with Crippen LogP contribution in [0.3, 0.4) is 0 Å². The molecule has 0 saturated heterocycles. The molecule has 0 bridgehead atoms. The summed E-state index contributed by atoms with van der Waals surface area (Å²) in [5.41, 5.74) is 5.00. The number of hydrogen-bond donors (Lipinski definition) is 6. The zero-order chi connectivity index (χ0) is 14.7. The van der Waals surface area contributed by atoms with Gasteiger partial charge in [0.2, 0.25) is 0 Å². The minimum atomic E-state index is -5.50. The topological polar surface area (TPSA) is 195 Å². The normalized spacial score (nSPS) is 16.6. The summed E-state index contributed by atoms with van der Waals surface area (Å²) in [6, 6.07) is -2.44. The van der Waals surface area contributed by atoms with Gasteiger partial charge < -0.3 is 30.8 Å². The van der Waals surface area contributed by atoms with E-state index in [9.17, 15) is 18.9 Å². The number of hydrogen-bond acceptors (Lipinski definition) is 5. The van der Waals surface area contributed by atoms with Crippen LogP contribution in [0.15, 0.2) is 0 Å². The molecule has 0 aliphatic carbocycles. The molecule has 0 rings (SSSR count). The van der Waals surface area contributed by atoms with Gasteiger partial charge in [-0.3, -0.25) is 18.9 Å². The van der Waals surface area contributed by atoms with Crippen molar-refractivity contribution in [2.24, 2.45) is 5.73 Å². The van der Waals surface area contributed by atoms with E-state index >= 15 is 0 Å². The monoisotopic (exact) mass is 285 g/mol. The minimum Gasteiger partial charge on any atom is -0.481 e. The molecule has 7 N–H and O–H groups in total. The SMILES string of the molecule is NC(C(=O)O)C(CCC(=O)O)(C(=O)O)P(=O)(O)O. The van der Waals surface area contributed by atoms with E-state index in [1.165, 1.54) is 0 Å². The molecule has 0 aliphatic heterocycles. The first kappa shape index (κ1) is 16.5. The van der Waals surface area contributed by atoms with Crippen LogP contribution < -0.4 is 5.73 Å². The number of nitrogens with two attached hydrogens (primary N) is 1. The lowest BCUT2D eigenvalue weighted by molar-refractivity contribution is -0.149. The zero-order valence-electron chi connectivity index (χ0n) is 8.89. The molecule has 104 valence electrons. The van der Waals surface area contributed by atoms with Crippen LogP contribution in [0.4, 0.5) is 0 Å². The van der Waals surface area contributed by atoms with Crippen LogP contribution in [-0.4, -0.2) is 54.2 Å². The van der Waals surface area contributed by atoms with Gasteiger partial charge in [0, 0.05) is 6.42 Å². The van der Waals surface area contributed by atoms with Gasteiger partial charge >= 0.3 is 25.5 Å². The third-order valence-electron chi connectivity index (χ3n) is 2.39. The third-order valence-corrected chi connectivity index (χ3v) is 4.12. The van der Waals surface area contributed by atoms with Crippen molar-refractivity contribution in [1.29, 1.82) is 0 Å². The Kier molecular flexibility index (Phi) is 4.99. The fourth-order valence-corrected chi connectivity index (χ4v) is 2.47. The van der Waals surface area contributed by atoms with E-state index < -0.39 is 49.5 Å². The maximum atomic E-state index is 11.2. The van der Waals surface area contributed by atoms with Crippen LogP contribution in [0, 0.1) is 0 Å². The van der Waals surface area contributed by atoms with Crippen molar-refractivity contribution in [2.45, 2.75) is 24.0 Å². The molecular formula is C7H12NO9P. The van der Waals surface area contributed by atoms with Crippen LogP contribution in [0.1, 0.15) is 12.8 Å². The molecule has 2 unspecified atom stereocenters. The maximum absolute atomic E-state index is 11.2. The molecule has 0 fully saturated rings. The average molecular weight is 285 g/mol.